The fourth-order valence-corrected chi connectivity index (χ4v) is 4.51. The lowest BCUT2D eigenvalue weighted by Crippen LogP contribution is -2.40. The number of rotatable bonds is 9. The van der Waals surface area contributed by atoms with Gasteiger partial charge in [0, 0.05) is 45.8 Å². The highest BCUT2D eigenvalue weighted by Crippen LogP contribution is 2.35. The number of hydrogen-bond donors (Lipinski definition) is 2. The number of aromatic nitrogens is 2. The summed E-state index contributed by atoms with van der Waals surface area (Å²) in [6.45, 7) is 5.71. The maximum absolute atomic E-state index is 13.4. The molecule has 2 N–H and O–H groups in total. The lowest BCUT2D eigenvalue weighted by Gasteiger charge is -2.25. The van der Waals surface area contributed by atoms with Crippen LogP contribution in [0, 0.1) is 12.8 Å². The fourth-order valence-electron chi connectivity index (χ4n) is 3.89. The van der Waals surface area contributed by atoms with E-state index in [0.717, 1.165) is 5.56 Å². The molecule has 0 fully saturated rings. The molecule has 0 aliphatic carbocycles. The van der Waals surface area contributed by atoms with Gasteiger partial charge >= 0.3 is 5.97 Å². The molecule has 0 bridgehead atoms. The molecule has 2 aromatic heterocycles. The standard InChI is InChI=1S/C26H27Cl2N3O4/c1-15(2)9-22(31-8-7-16(3)10-23(31)32)26(35)30-21(12-24(33)34)17-11-18(14-29-13-17)25-19(27)5-4-6-20(25)28/h4-8,10-11,13-15,21-22H,9,12H2,1-3H3,(H,30,35)(H,33,34)/t21-,22?/m1/s1. The number of nitrogens with one attached hydrogen (secondary N) is 1. The van der Waals surface area contributed by atoms with Crippen molar-refractivity contribution >= 4 is 35.1 Å². The fraction of sp³-hybridized carbons (Fsp3) is 0.308. The first-order valence-corrected chi connectivity index (χ1v) is 11.9. The lowest BCUT2D eigenvalue weighted by molar-refractivity contribution is -0.138. The highest BCUT2D eigenvalue weighted by atomic mass is 35.5. The molecule has 0 saturated carbocycles. The van der Waals surface area contributed by atoms with Crippen LogP contribution >= 0.6 is 23.2 Å². The molecule has 7 nitrogen and oxygen atoms in total. The Labute approximate surface area is 213 Å². The van der Waals surface area contributed by atoms with Crippen molar-refractivity contribution in [2.75, 3.05) is 0 Å². The van der Waals surface area contributed by atoms with E-state index >= 15 is 0 Å². The van der Waals surface area contributed by atoms with E-state index in [2.05, 4.69) is 10.3 Å². The maximum Gasteiger partial charge on any atom is 0.305 e. The van der Waals surface area contributed by atoms with Gasteiger partial charge in [-0.1, -0.05) is 43.1 Å². The van der Waals surface area contributed by atoms with Gasteiger partial charge in [-0.25, -0.2) is 0 Å². The predicted molar refractivity (Wildman–Crippen MR) is 137 cm³/mol. The Bertz CT molecular complexity index is 1270. The molecule has 1 aromatic carbocycles. The first kappa shape index (κ1) is 26.4. The number of pyridine rings is 2. The Morgan fingerprint density at radius 2 is 1.80 bits per heavy atom. The number of carbonyl (C=O) groups excluding carboxylic acids is 1. The third kappa shape index (κ3) is 6.71. The molecule has 1 unspecified atom stereocenters. The van der Waals surface area contributed by atoms with E-state index in [1.54, 1.807) is 49.6 Å². The minimum absolute atomic E-state index is 0.115. The number of aliphatic carboxylic acids is 1. The summed E-state index contributed by atoms with van der Waals surface area (Å²) in [5.41, 5.74) is 2.14. The highest BCUT2D eigenvalue weighted by molar-refractivity contribution is 6.39. The van der Waals surface area contributed by atoms with Crippen LogP contribution in [-0.2, 0) is 9.59 Å². The van der Waals surface area contributed by atoms with E-state index in [-0.39, 0.29) is 17.9 Å². The van der Waals surface area contributed by atoms with Gasteiger partial charge in [-0.15, -0.1) is 0 Å². The quantitative estimate of drug-likeness (QED) is 0.394. The summed E-state index contributed by atoms with van der Waals surface area (Å²) in [6, 6.07) is 8.37. The van der Waals surface area contributed by atoms with Gasteiger partial charge in [0.15, 0.2) is 0 Å². The van der Waals surface area contributed by atoms with Crippen LogP contribution in [0.2, 0.25) is 10.0 Å². The number of aryl methyl sites for hydroxylation is 1. The summed E-state index contributed by atoms with van der Waals surface area (Å²) in [5, 5.41) is 13.2. The van der Waals surface area contributed by atoms with Crippen LogP contribution in [0.3, 0.4) is 0 Å². The first-order chi connectivity index (χ1) is 16.6. The van der Waals surface area contributed by atoms with Gasteiger partial charge in [0.25, 0.3) is 5.56 Å². The van der Waals surface area contributed by atoms with E-state index in [1.165, 1.54) is 16.8 Å². The number of carbonyl (C=O) groups is 2. The molecule has 0 aliphatic rings. The Hall–Kier alpha value is -3.16. The number of halogens is 2. The Morgan fingerprint density at radius 1 is 1.11 bits per heavy atom. The topological polar surface area (TPSA) is 101 Å². The Morgan fingerprint density at radius 3 is 2.40 bits per heavy atom. The largest absolute Gasteiger partial charge is 0.481 e. The summed E-state index contributed by atoms with van der Waals surface area (Å²) in [4.78, 5) is 41.9. The number of carboxylic acid groups (broad SMARTS) is 1. The van der Waals surface area contributed by atoms with Gasteiger partial charge in [0.05, 0.1) is 12.5 Å². The van der Waals surface area contributed by atoms with Crippen LogP contribution in [-0.4, -0.2) is 26.5 Å². The van der Waals surface area contributed by atoms with Crippen molar-refractivity contribution in [3.8, 4) is 11.1 Å². The van der Waals surface area contributed by atoms with E-state index in [0.29, 0.717) is 33.2 Å². The van der Waals surface area contributed by atoms with Crippen molar-refractivity contribution in [2.45, 2.75) is 45.7 Å². The molecule has 35 heavy (non-hydrogen) atoms. The summed E-state index contributed by atoms with van der Waals surface area (Å²) in [6.07, 6.45) is 4.70. The van der Waals surface area contributed by atoms with E-state index in [9.17, 15) is 19.5 Å². The molecule has 0 saturated heterocycles. The second kappa shape index (κ2) is 11.5. The highest BCUT2D eigenvalue weighted by Gasteiger charge is 2.27. The van der Waals surface area contributed by atoms with Crippen molar-refractivity contribution < 1.29 is 14.7 Å². The van der Waals surface area contributed by atoms with Gasteiger partial charge in [-0.3, -0.25) is 19.4 Å². The lowest BCUT2D eigenvalue weighted by atomic mass is 9.98. The number of benzene rings is 1. The van der Waals surface area contributed by atoms with Gasteiger partial charge in [0.2, 0.25) is 5.91 Å². The van der Waals surface area contributed by atoms with E-state index in [1.807, 2.05) is 13.8 Å². The van der Waals surface area contributed by atoms with Crippen LogP contribution in [0.5, 0.6) is 0 Å². The van der Waals surface area contributed by atoms with E-state index < -0.39 is 24.0 Å². The van der Waals surface area contributed by atoms with Crippen LogP contribution < -0.4 is 10.9 Å². The Kier molecular flexibility index (Phi) is 8.70. The van der Waals surface area contributed by atoms with Crippen molar-refractivity contribution in [3.05, 3.63) is 86.5 Å². The molecular formula is C26H27Cl2N3O4. The van der Waals surface area contributed by atoms with Gasteiger partial charge in [-0.05, 0) is 54.7 Å². The molecule has 0 radical (unpaired) electrons. The average molecular weight is 516 g/mol. The number of nitrogens with zero attached hydrogens (tertiary/aromatic N) is 2. The molecule has 2 atom stereocenters. The molecule has 9 heteroatoms. The molecule has 3 rings (SSSR count). The van der Waals surface area contributed by atoms with Gasteiger partial charge in [0.1, 0.15) is 6.04 Å². The third-order valence-electron chi connectivity index (χ3n) is 5.55. The average Bonchev–Trinajstić information content (AvgIpc) is 2.77. The van der Waals surface area contributed by atoms with Gasteiger partial charge in [-0.2, -0.15) is 0 Å². The molecule has 1 amide bonds. The summed E-state index contributed by atoms with van der Waals surface area (Å²) in [7, 11) is 0. The van der Waals surface area contributed by atoms with Crippen molar-refractivity contribution in [3.63, 3.8) is 0 Å². The van der Waals surface area contributed by atoms with Crippen molar-refractivity contribution in [1.29, 1.82) is 0 Å². The normalized spacial score (nSPS) is 12.9. The summed E-state index contributed by atoms with van der Waals surface area (Å²) < 4.78 is 1.39. The van der Waals surface area contributed by atoms with Gasteiger partial charge < -0.3 is 15.0 Å². The predicted octanol–water partition coefficient (Wildman–Crippen LogP) is 5.44. The molecule has 0 spiro atoms. The van der Waals surface area contributed by atoms with Crippen LogP contribution in [0.4, 0.5) is 0 Å². The second-order valence-electron chi connectivity index (χ2n) is 8.86. The first-order valence-electron chi connectivity index (χ1n) is 11.2. The third-order valence-corrected chi connectivity index (χ3v) is 6.18. The maximum atomic E-state index is 13.4. The SMILES string of the molecule is Cc1ccn(C(CC(C)C)C(=O)N[C@H](CC(=O)O)c2cncc(-c3c(Cl)cccc3Cl)c2)c(=O)c1. The Balaban J connectivity index is 1.98. The zero-order chi connectivity index (χ0) is 25.7. The smallest absolute Gasteiger partial charge is 0.305 e. The van der Waals surface area contributed by atoms with Crippen LogP contribution in [0.25, 0.3) is 11.1 Å². The van der Waals surface area contributed by atoms with Crippen molar-refractivity contribution in [2.24, 2.45) is 5.92 Å². The number of carboxylic acids is 1. The molecule has 184 valence electrons. The zero-order valence-corrected chi connectivity index (χ0v) is 21.2. The number of amides is 1. The molecule has 0 aliphatic heterocycles. The minimum Gasteiger partial charge on any atom is -0.481 e. The number of hydrogen-bond acceptors (Lipinski definition) is 4. The van der Waals surface area contributed by atoms with Crippen molar-refractivity contribution in [1.82, 2.24) is 14.9 Å². The molecule has 3 aromatic rings. The monoisotopic (exact) mass is 515 g/mol. The minimum atomic E-state index is -1.09. The molecular weight excluding hydrogens is 489 g/mol. The van der Waals surface area contributed by atoms with Crippen LogP contribution in [0.1, 0.15) is 49.9 Å². The summed E-state index contributed by atoms with van der Waals surface area (Å²) in [5.74, 6) is -1.43. The van der Waals surface area contributed by atoms with Crippen LogP contribution in [0.15, 0.2) is 59.8 Å². The second-order valence-corrected chi connectivity index (χ2v) is 9.67. The zero-order valence-electron chi connectivity index (χ0n) is 19.7. The van der Waals surface area contributed by atoms with E-state index in [4.69, 9.17) is 23.2 Å². The summed E-state index contributed by atoms with van der Waals surface area (Å²) >= 11 is 12.7. The molecule has 2 heterocycles.